The number of esters is 1. The van der Waals surface area contributed by atoms with E-state index in [1.54, 1.807) is 34.6 Å². The molecule has 0 saturated carbocycles. The summed E-state index contributed by atoms with van der Waals surface area (Å²) in [4.78, 5) is 23.9. The molecule has 0 heterocycles. The van der Waals surface area contributed by atoms with Gasteiger partial charge in [0.15, 0.2) is 6.10 Å². The number of rotatable bonds is 8. The Labute approximate surface area is 146 Å². The standard InChI is InChI=1S/C18H35NO5/c1-9-11(4)15(22)16(24-17(23)18(6,7)8)13(19-12(5)20)14(21)10(2)3/h10-11,13-16,21-22H,9H2,1-8H3,(H,19,20)/t11?,13?,14-,15-,16-/m0/s1. The largest absolute Gasteiger partial charge is 0.457 e. The number of aliphatic hydroxyl groups excluding tert-OH is 2. The molecule has 0 aliphatic carbocycles. The maximum absolute atomic E-state index is 12.3. The first kappa shape index (κ1) is 22.9. The summed E-state index contributed by atoms with van der Waals surface area (Å²) in [7, 11) is 0. The van der Waals surface area contributed by atoms with E-state index >= 15 is 0 Å². The second kappa shape index (κ2) is 9.37. The topological polar surface area (TPSA) is 95.9 Å². The van der Waals surface area contributed by atoms with Gasteiger partial charge in [-0.25, -0.2) is 0 Å². The van der Waals surface area contributed by atoms with Crippen molar-refractivity contribution < 1.29 is 24.5 Å². The number of hydrogen-bond donors (Lipinski definition) is 3. The summed E-state index contributed by atoms with van der Waals surface area (Å²) in [5.41, 5.74) is -0.753. The van der Waals surface area contributed by atoms with Crippen LogP contribution in [0.25, 0.3) is 0 Å². The minimum absolute atomic E-state index is 0.154. The van der Waals surface area contributed by atoms with E-state index in [0.717, 1.165) is 0 Å². The van der Waals surface area contributed by atoms with E-state index in [1.165, 1.54) is 6.92 Å². The number of amides is 1. The van der Waals surface area contributed by atoms with E-state index in [4.69, 9.17) is 4.74 Å². The van der Waals surface area contributed by atoms with Crippen molar-refractivity contribution in [3.63, 3.8) is 0 Å². The number of hydrogen-bond acceptors (Lipinski definition) is 5. The van der Waals surface area contributed by atoms with Gasteiger partial charge in [0.2, 0.25) is 5.91 Å². The molecule has 0 aliphatic rings. The zero-order valence-corrected chi connectivity index (χ0v) is 16.3. The van der Waals surface area contributed by atoms with E-state index in [-0.39, 0.29) is 17.7 Å². The first-order valence-corrected chi connectivity index (χ1v) is 8.67. The molecule has 0 aromatic rings. The van der Waals surface area contributed by atoms with Crippen LogP contribution in [0.1, 0.15) is 61.8 Å². The fourth-order valence-electron chi connectivity index (χ4n) is 2.23. The van der Waals surface area contributed by atoms with Crippen molar-refractivity contribution >= 4 is 11.9 Å². The first-order chi connectivity index (χ1) is 10.8. The number of nitrogens with one attached hydrogen (secondary N) is 1. The number of aliphatic hydroxyl groups is 2. The van der Waals surface area contributed by atoms with Crippen LogP contribution in [0.5, 0.6) is 0 Å². The molecule has 5 atom stereocenters. The molecular weight excluding hydrogens is 310 g/mol. The monoisotopic (exact) mass is 345 g/mol. The molecule has 24 heavy (non-hydrogen) atoms. The summed E-state index contributed by atoms with van der Waals surface area (Å²) < 4.78 is 5.57. The van der Waals surface area contributed by atoms with Crippen molar-refractivity contribution in [3.8, 4) is 0 Å². The molecule has 0 aromatic carbocycles. The third kappa shape index (κ3) is 6.77. The third-order valence-electron chi connectivity index (χ3n) is 4.19. The molecule has 0 spiro atoms. The Balaban J connectivity index is 5.73. The highest BCUT2D eigenvalue weighted by Gasteiger charge is 2.41. The Kier molecular flexibility index (Phi) is 8.93. The third-order valence-corrected chi connectivity index (χ3v) is 4.19. The lowest BCUT2D eigenvalue weighted by atomic mass is 9.87. The molecule has 0 rings (SSSR count). The van der Waals surface area contributed by atoms with Crippen LogP contribution in [0.2, 0.25) is 0 Å². The van der Waals surface area contributed by atoms with Crippen molar-refractivity contribution in [2.24, 2.45) is 17.3 Å². The Morgan fingerprint density at radius 3 is 1.92 bits per heavy atom. The minimum atomic E-state index is -1.02. The summed E-state index contributed by atoms with van der Waals surface area (Å²) in [5, 5.41) is 23.8. The Bertz CT molecular complexity index is 416. The van der Waals surface area contributed by atoms with E-state index in [0.29, 0.717) is 6.42 Å². The molecule has 0 aromatic heterocycles. The minimum Gasteiger partial charge on any atom is -0.457 e. The zero-order valence-electron chi connectivity index (χ0n) is 16.3. The molecule has 0 fully saturated rings. The number of carbonyl (C=O) groups is 2. The van der Waals surface area contributed by atoms with Crippen molar-refractivity contribution in [1.29, 1.82) is 0 Å². The van der Waals surface area contributed by atoms with E-state index in [1.807, 2.05) is 13.8 Å². The van der Waals surface area contributed by atoms with Gasteiger partial charge >= 0.3 is 5.97 Å². The van der Waals surface area contributed by atoms with Gasteiger partial charge in [-0.3, -0.25) is 9.59 Å². The van der Waals surface area contributed by atoms with Crippen molar-refractivity contribution in [3.05, 3.63) is 0 Å². The highest BCUT2D eigenvalue weighted by molar-refractivity contribution is 5.76. The van der Waals surface area contributed by atoms with Crippen molar-refractivity contribution in [2.75, 3.05) is 0 Å². The lowest BCUT2D eigenvalue weighted by Gasteiger charge is -2.38. The molecule has 0 bridgehead atoms. The van der Waals surface area contributed by atoms with E-state index in [9.17, 15) is 19.8 Å². The van der Waals surface area contributed by atoms with Crippen LogP contribution in [0, 0.1) is 17.3 Å². The molecule has 0 saturated heterocycles. The lowest BCUT2D eigenvalue weighted by molar-refractivity contribution is -0.174. The van der Waals surface area contributed by atoms with Gasteiger partial charge < -0.3 is 20.3 Å². The molecule has 142 valence electrons. The van der Waals surface area contributed by atoms with Crippen LogP contribution < -0.4 is 5.32 Å². The van der Waals surface area contributed by atoms with Crippen LogP contribution in [-0.2, 0) is 14.3 Å². The molecular formula is C18H35NO5. The van der Waals surface area contributed by atoms with Crippen LogP contribution in [0.4, 0.5) is 0 Å². The molecule has 1 amide bonds. The first-order valence-electron chi connectivity index (χ1n) is 8.67. The molecule has 0 radical (unpaired) electrons. The van der Waals surface area contributed by atoms with Crippen molar-refractivity contribution in [1.82, 2.24) is 5.32 Å². The normalized spacial score (nSPS) is 18.5. The van der Waals surface area contributed by atoms with Gasteiger partial charge in [-0.15, -0.1) is 0 Å². The molecule has 6 heteroatoms. The van der Waals surface area contributed by atoms with Crippen LogP contribution in [-0.4, -0.2) is 46.4 Å². The van der Waals surface area contributed by atoms with Gasteiger partial charge in [0.25, 0.3) is 0 Å². The predicted molar refractivity (Wildman–Crippen MR) is 93.2 cm³/mol. The second-order valence-corrected chi connectivity index (χ2v) is 7.96. The van der Waals surface area contributed by atoms with E-state index in [2.05, 4.69) is 5.32 Å². The maximum Gasteiger partial charge on any atom is 0.311 e. The highest BCUT2D eigenvalue weighted by atomic mass is 16.6. The Hall–Kier alpha value is -1.14. The smallest absolute Gasteiger partial charge is 0.311 e. The summed E-state index contributed by atoms with van der Waals surface area (Å²) in [6.45, 7) is 13.8. The Morgan fingerprint density at radius 1 is 1.08 bits per heavy atom. The molecule has 3 N–H and O–H groups in total. The summed E-state index contributed by atoms with van der Waals surface area (Å²) in [6.07, 6.45) is -2.29. The van der Waals surface area contributed by atoms with Crippen molar-refractivity contribution in [2.45, 2.75) is 86.2 Å². The van der Waals surface area contributed by atoms with Gasteiger partial charge in [-0.1, -0.05) is 34.1 Å². The van der Waals surface area contributed by atoms with Gasteiger partial charge in [0, 0.05) is 6.92 Å². The highest BCUT2D eigenvalue weighted by Crippen LogP contribution is 2.25. The van der Waals surface area contributed by atoms with E-state index < -0.39 is 35.7 Å². The van der Waals surface area contributed by atoms with Gasteiger partial charge in [-0.05, 0) is 32.6 Å². The van der Waals surface area contributed by atoms with Crippen LogP contribution >= 0.6 is 0 Å². The fourth-order valence-corrected chi connectivity index (χ4v) is 2.23. The molecule has 2 unspecified atom stereocenters. The van der Waals surface area contributed by atoms with Crippen LogP contribution in [0.3, 0.4) is 0 Å². The number of carbonyl (C=O) groups excluding carboxylic acids is 2. The summed E-state index contributed by atoms with van der Waals surface area (Å²) in [5.74, 6) is -1.17. The maximum atomic E-state index is 12.3. The Morgan fingerprint density at radius 2 is 1.58 bits per heavy atom. The van der Waals surface area contributed by atoms with Crippen LogP contribution in [0.15, 0.2) is 0 Å². The molecule has 0 aliphatic heterocycles. The lowest BCUT2D eigenvalue weighted by Crippen LogP contribution is -2.58. The average Bonchev–Trinajstić information content (AvgIpc) is 2.46. The van der Waals surface area contributed by atoms with Gasteiger partial charge in [0.05, 0.1) is 23.7 Å². The van der Waals surface area contributed by atoms with Gasteiger partial charge in [-0.2, -0.15) is 0 Å². The number of ether oxygens (including phenoxy) is 1. The second-order valence-electron chi connectivity index (χ2n) is 7.96. The quantitative estimate of drug-likeness (QED) is 0.584. The van der Waals surface area contributed by atoms with Gasteiger partial charge in [0.1, 0.15) is 0 Å². The SMILES string of the molecule is CCC(C)[C@H](O)[C@@H](OC(=O)C(C)(C)C)C(NC(C)=O)[C@@H](O)C(C)C. The molecule has 6 nitrogen and oxygen atoms in total. The predicted octanol–water partition coefficient (Wildman–Crippen LogP) is 1.87. The summed E-state index contributed by atoms with van der Waals surface area (Å²) >= 11 is 0. The fraction of sp³-hybridized carbons (Fsp3) is 0.889. The zero-order chi connectivity index (χ0) is 19.2. The summed E-state index contributed by atoms with van der Waals surface area (Å²) in [6, 6.07) is -0.877. The average molecular weight is 345 g/mol.